The number of anilines is 1. The molecule has 0 saturated heterocycles. The standard InChI is InChI=1S/C16H16BrN3O2S/c17-13-8-9-14-15(11-13)23(21,22)20-16(19-14)18-10-4-7-12-5-2-1-3-6-12/h1-3,5-6,8-9,11H,4,7,10H2,(H2,18,19,20). The average Bonchev–Trinajstić information content (AvgIpc) is 2.53. The van der Waals surface area contributed by atoms with E-state index in [1.165, 1.54) is 5.56 Å². The fraction of sp³-hybridized carbons (Fsp3) is 0.188. The second-order valence-electron chi connectivity index (χ2n) is 5.19. The molecule has 0 saturated carbocycles. The number of fused-ring (bicyclic) bond motifs is 1. The minimum absolute atomic E-state index is 0.218. The number of nitrogens with one attached hydrogen (secondary N) is 2. The summed E-state index contributed by atoms with van der Waals surface area (Å²) in [6, 6.07) is 15.2. The van der Waals surface area contributed by atoms with Gasteiger partial charge in [0.2, 0.25) is 5.96 Å². The summed E-state index contributed by atoms with van der Waals surface area (Å²) in [6.07, 6.45) is 1.76. The Labute approximate surface area is 144 Å². The predicted octanol–water partition coefficient (Wildman–Crippen LogP) is 3.14. The average molecular weight is 394 g/mol. The Balaban J connectivity index is 1.67. The topological polar surface area (TPSA) is 70.6 Å². The van der Waals surface area contributed by atoms with Gasteiger partial charge in [0.1, 0.15) is 4.90 Å². The number of aryl methyl sites for hydroxylation is 1. The van der Waals surface area contributed by atoms with Gasteiger partial charge in [-0.2, -0.15) is 0 Å². The van der Waals surface area contributed by atoms with Gasteiger partial charge in [0.25, 0.3) is 10.0 Å². The number of hydrogen-bond acceptors (Lipinski definition) is 3. The minimum atomic E-state index is -3.58. The number of aliphatic imine (C=N–C) groups is 1. The van der Waals surface area contributed by atoms with Crippen LogP contribution in [-0.4, -0.2) is 20.9 Å². The summed E-state index contributed by atoms with van der Waals surface area (Å²) in [5.41, 5.74) is 1.79. The Kier molecular flexibility index (Phi) is 4.68. The van der Waals surface area contributed by atoms with Gasteiger partial charge in [0.15, 0.2) is 0 Å². The summed E-state index contributed by atoms with van der Waals surface area (Å²) >= 11 is 3.28. The van der Waals surface area contributed by atoms with Crippen molar-refractivity contribution in [2.45, 2.75) is 17.7 Å². The molecular weight excluding hydrogens is 378 g/mol. The maximum absolute atomic E-state index is 12.2. The van der Waals surface area contributed by atoms with E-state index in [9.17, 15) is 8.42 Å². The maximum atomic E-state index is 12.2. The van der Waals surface area contributed by atoms with Crippen LogP contribution in [-0.2, 0) is 16.4 Å². The molecule has 0 radical (unpaired) electrons. The Bertz CT molecular complexity index is 836. The molecule has 3 rings (SSSR count). The Morgan fingerprint density at radius 3 is 2.65 bits per heavy atom. The van der Waals surface area contributed by atoms with Gasteiger partial charge in [0.05, 0.1) is 5.69 Å². The molecule has 0 spiro atoms. The molecule has 0 aliphatic carbocycles. The van der Waals surface area contributed by atoms with E-state index in [4.69, 9.17) is 0 Å². The highest BCUT2D eigenvalue weighted by atomic mass is 79.9. The molecule has 120 valence electrons. The third-order valence-electron chi connectivity index (χ3n) is 3.45. The van der Waals surface area contributed by atoms with E-state index in [0.29, 0.717) is 16.7 Å². The van der Waals surface area contributed by atoms with Gasteiger partial charge in [-0.25, -0.2) is 13.1 Å². The molecule has 2 aromatic carbocycles. The molecule has 0 atom stereocenters. The van der Waals surface area contributed by atoms with Crippen LogP contribution in [0.1, 0.15) is 12.0 Å². The van der Waals surface area contributed by atoms with E-state index in [-0.39, 0.29) is 10.9 Å². The SMILES string of the molecule is O=S1(=O)NC(=NCCCc2ccccc2)Nc2ccc(Br)cc21. The molecular formula is C16H16BrN3O2S. The van der Waals surface area contributed by atoms with Crippen LogP contribution in [0.15, 0.2) is 62.9 Å². The second kappa shape index (κ2) is 6.72. The van der Waals surface area contributed by atoms with Crippen molar-refractivity contribution in [1.29, 1.82) is 0 Å². The van der Waals surface area contributed by atoms with Crippen molar-refractivity contribution < 1.29 is 8.42 Å². The highest BCUT2D eigenvalue weighted by Crippen LogP contribution is 2.27. The Morgan fingerprint density at radius 2 is 1.87 bits per heavy atom. The predicted molar refractivity (Wildman–Crippen MR) is 95.2 cm³/mol. The lowest BCUT2D eigenvalue weighted by Gasteiger charge is -2.21. The van der Waals surface area contributed by atoms with Crippen LogP contribution < -0.4 is 10.0 Å². The van der Waals surface area contributed by atoms with Gasteiger partial charge in [-0.05, 0) is 36.6 Å². The number of sulfonamides is 1. The summed E-state index contributed by atoms with van der Waals surface area (Å²) in [6.45, 7) is 0.547. The number of rotatable bonds is 4. The van der Waals surface area contributed by atoms with Crippen LogP contribution >= 0.6 is 15.9 Å². The molecule has 0 bridgehead atoms. The Hall–Kier alpha value is -1.86. The van der Waals surface area contributed by atoms with Crippen LogP contribution in [0, 0.1) is 0 Å². The lowest BCUT2D eigenvalue weighted by atomic mass is 10.1. The zero-order valence-corrected chi connectivity index (χ0v) is 14.7. The van der Waals surface area contributed by atoms with Crippen molar-refractivity contribution in [3.63, 3.8) is 0 Å². The minimum Gasteiger partial charge on any atom is -0.324 e. The van der Waals surface area contributed by atoms with E-state index in [1.807, 2.05) is 18.2 Å². The van der Waals surface area contributed by atoms with Crippen molar-refractivity contribution in [2.24, 2.45) is 4.99 Å². The van der Waals surface area contributed by atoms with Crippen molar-refractivity contribution in [3.05, 3.63) is 58.6 Å². The molecule has 2 aromatic rings. The smallest absolute Gasteiger partial charge is 0.266 e. The lowest BCUT2D eigenvalue weighted by molar-refractivity contribution is 0.591. The van der Waals surface area contributed by atoms with Crippen LogP contribution in [0.4, 0.5) is 5.69 Å². The molecule has 5 nitrogen and oxygen atoms in total. The van der Waals surface area contributed by atoms with Gasteiger partial charge in [-0.1, -0.05) is 46.3 Å². The molecule has 0 unspecified atom stereocenters. The first-order valence-electron chi connectivity index (χ1n) is 7.22. The van der Waals surface area contributed by atoms with Crippen molar-refractivity contribution in [1.82, 2.24) is 4.72 Å². The first kappa shape index (κ1) is 16.0. The summed E-state index contributed by atoms with van der Waals surface area (Å²) in [5.74, 6) is 0.271. The Morgan fingerprint density at radius 1 is 1.09 bits per heavy atom. The van der Waals surface area contributed by atoms with Crippen LogP contribution in [0.25, 0.3) is 0 Å². The normalized spacial score (nSPS) is 17.2. The van der Waals surface area contributed by atoms with E-state index in [2.05, 4.69) is 43.1 Å². The highest BCUT2D eigenvalue weighted by molar-refractivity contribution is 9.10. The monoisotopic (exact) mass is 393 g/mol. The molecule has 0 fully saturated rings. The zero-order valence-electron chi connectivity index (χ0n) is 12.3. The molecule has 1 heterocycles. The van der Waals surface area contributed by atoms with Crippen LogP contribution in [0.3, 0.4) is 0 Å². The first-order valence-corrected chi connectivity index (χ1v) is 9.50. The molecule has 1 aliphatic heterocycles. The number of halogens is 1. The lowest BCUT2D eigenvalue weighted by Crippen LogP contribution is -2.40. The van der Waals surface area contributed by atoms with Crippen molar-refractivity contribution >= 4 is 37.6 Å². The molecule has 7 heteroatoms. The number of hydrogen-bond donors (Lipinski definition) is 2. The summed E-state index contributed by atoms with van der Waals surface area (Å²) < 4.78 is 27.7. The van der Waals surface area contributed by atoms with E-state index >= 15 is 0 Å². The number of nitrogens with zero attached hydrogens (tertiary/aromatic N) is 1. The van der Waals surface area contributed by atoms with Crippen molar-refractivity contribution in [3.8, 4) is 0 Å². The number of guanidine groups is 1. The van der Waals surface area contributed by atoms with Gasteiger partial charge in [-0.3, -0.25) is 4.99 Å². The van der Waals surface area contributed by atoms with Crippen molar-refractivity contribution in [2.75, 3.05) is 11.9 Å². The van der Waals surface area contributed by atoms with E-state index < -0.39 is 10.0 Å². The molecule has 2 N–H and O–H groups in total. The molecule has 0 amide bonds. The zero-order chi connectivity index (χ0) is 16.3. The van der Waals surface area contributed by atoms with Gasteiger partial charge in [0, 0.05) is 11.0 Å². The molecule has 0 aromatic heterocycles. The van der Waals surface area contributed by atoms with Crippen LogP contribution in [0.5, 0.6) is 0 Å². The maximum Gasteiger partial charge on any atom is 0.266 e. The van der Waals surface area contributed by atoms with Gasteiger partial charge >= 0.3 is 0 Å². The summed E-state index contributed by atoms with van der Waals surface area (Å²) in [7, 11) is -3.58. The highest BCUT2D eigenvalue weighted by Gasteiger charge is 2.26. The second-order valence-corrected chi connectivity index (χ2v) is 7.76. The third kappa shape index (κ3) is 3.92. The van der Waals surface area contributed by atoms with E-state index in [0.717, 1.165) is 12.8 Å². The van der Waals surface area contributed by atoms with Gasteiger partial charge in [-0.15, -0.1) is 0 Å². The fourth-order valence-corrected chi connectivity index (χ4v) is 4.03. The molecule has 1 aliphatic rings. The number of benzene rings is 2. The summed E-state index contributed by atoms with van der Waals surface area (Å²) in [4.78, 5) is 4.54. The fourth-order valence-electron chi connectivity index (χ4n) is 2.35. The van der Waals surface area contributed by atoms with E-state index in [1.54, 1.807) is 18.2 Å². The molecule has 23 heavy (non-hydrogen) atoms. The van der Waals surface area contributed by atoms with Crippen LogP contribution in [0.2, 0.25) is 0 Å². The first-order chi connectivity index (χ1) is 11.0. The quantitative estimate of drug-likeness (QED) is 0.783. The third-order valence-corrected chi connectivity index (χ3v) is 5.33. The largest absolute Gasteiger partial charge is 0.324 e. The van der Waals surface area contributed by atoms with Gasteiger partial charge < -0.3 is 5.32 Å². The summed E-state index contributed by atoms with van der Waals surface area (Å²) in [5, 5.41) is 3.02.